The second-order valence-electron chi connectivity index (χ2n) is 3.53. The Hall–Kier alpha value is -1.82. The van der Waals surface area contributed by atoms with Gasteiger partial charge in [-0.05, 0) is 19.1 Å². The molecule has 0 saturated carbocycles. The lowest BCUT2D eigenvalue weighted by molar-refractivity contribution is 0.0602. The quantitative estimate of drug-likeness (QED) is 0.460. The molecule has 0 fully saturated rings. The van der Waals surface area contributed by atoms with Gasteiger partial charge in [0.15, 0.2) is 0 Å². The van der Waals surface area contributed by atoms with Crippen molar-refractivity contribution >= 4 is 17.3 Å². The molecule has 0 atom stereocenters. The van der Waals surface area contributed by atoms with Crippen LogP contribution in [0.3, 0.4) is 0 Å². The number of anilines is 2. The van der Waals surface area contributed by atoms with Crippen molar-refractivity contribution in [3.8, 4) is 0 Å². The highest BCUT2D eigenvalue weighted by Gasteiger charge is 2.14. The van der Waals surface area contributed by atoms with Gasteiger partial charge in [0.25, 0.3) is 0 Å². The van der Waals surface area contributed by atoms with Gasteiger partial charge in [0, 0.05) is 18.8 Å². The topological polar surface area (TPSA) is 73.6 Å². The first-order valence-electron chi connectivity index (χ1n) is 5.59. The molecule has 0 aromatic heterocycles. The van der Waals surface area contributed by atoms with Crippen LogP contribution < -0.4 is 11.1 Å². The van der Waals surface area contributed by atoms with Crippen molar-refractivity contribution in [1.29, 1.82) is 0 Å². The predicted octanol–water partition coefficient (Wildman–Crippen LogP) is 1.64. The van der Waals surface area contributed by atoms with Crippen molar-refractivity contribution in [3.63, 3.8) is 0 Å². The summed E-state index contributed by atoms with van der Waals surface area (Å²) in [5.41, 5.74) is 5.94. The molecule has 1 rings (SSSR count). The summed E-state index contributed by atoms with van der Waals surface area (Å²) in [4.78, 5) is 11.4. The lowest BCUT2D eigenvalue weighted by Crippen LogP contribution is -2.12. The highest BCUT2D eigenvalue weighted by Crippen LogP contribution is 2.22. The first-order valence-corrected chi connectivity index (χ1v) is 5.59. The Labute approximate surface area is 105 Å². The van der Waals surface area contributed by atoms with Gasteiger partial charge in [-0.25, -0.2) is 9.18 Å². The fraction of sp³-hybridized carbons (Fsp3) is 0.417. The third-order valence-corrected chi connectivity index (χ3v) is 2.31. The monoisotopic (exact) mass is 256 g/mol. The molecule has 3 N–H and O–H groups in total. The predicted molar refractivity (Wildman–Crippen MR) is 67.1 cm³/mol. The molecule has 5 nitrogen and oxygen atoms in total. The van der Waals surface area contributed by atoms with Crippen LogP contribution in [0.2, 0.25) is 0 Å². The van der Waals surface area contributed by atoms with E-state index in [1.165, 1.54) is 13.2 Å². The molecule has 0 saturated heterocycles. The van der Waals surface area contributed by atoms with Crippen LogP contribution in [0.25, 0.3) is 0 Å². The largest absolute Gasteiger partial charge is 0.465 e. The molecule has 100 valence electrons. The number of nitrogens with one attached hydrogen (secondary N) is 1. The molecule has 1 aromatic carbocycles. The van der Waals surface area contributed by atoms with E-state index in [2.05, 4.69) is 10.1 Å². The number of benzene rings is 1. The van der Waals surface area contributed by atoms with Gasteiger partial charge in [-0.1, -0.05) is 0 Å². The summed E-state index contributed by atoms with van der Waals surface area (Å²) in [7, 11) is 1.24. The number of carbonyl (C=O) groups excluding carboxylic acids is 1. The van der Waals surface area contributed by atoms with Gasteiger partial charge in [0.2, 0.25) is 0 Å². The van der Waals surface area contributed by atoms with Crippen molar-refractivity contribution < 1.29 is 18.7 Å². The van der Waals surface area contributed by atoms with Gasteiger partial charge in [0.05, 0.1) is 25.0 Å². The Kier molecular flexibility index (Phi) is 5.38. The standard InChI is InChI=1S/C12H17FN2O3/c1-3-18-5-4-15-11-6-8(12(16)17-2)10(14)7-9(11)13/h6-7,15H,3-5,14H2,1-2H3. The molecule has 0 aliphatic carbocycles. The number of halogens is 1. The van der Waals surface area contributed by atoms with E-state index in [4.69, 9.17) is 10.5 Å². The highest BCUT2D eigenvalue weighted by molar-refractivity contribution is 5.96. The molecule has 6 heteroatoms. The molecule has 0 amide bonds. The van der Waals surface area contributed by atoms with E-state index in [1.807, 2.05) is 6.92 Å². The molecule has 0 aliphatic heterocycles. The molecule has 1 aromatic rings. The molecular formula is C12H17FN2O3. The molecular weight excluding hydrogens is 239 g/mol. The summed E-state index contributed by atoms with van der Waals surface area (Å²) in [6, 6.07) is 2.43. The summed E-state index contributed by atoms with van der Waals surface area (Å²) in [5, 5.41) is 2.83. The number of carbonyl (C=O) groups is 1. The zero-order valence-electron chi connectivity index (χ0n) is 10.5. The van der Waals surface area contributed by atoms with E-state index in [1.54, 1.807) is 0 Å². The van der Waals surface area contributed by atoms with E-state index in [-0.39, 0.29) is 16.9 Å². The molecule has 18 heavy (non-hydrogen) atoms. The van der Waals surface area contributed by atoms with Crippen molar-refractivity contribution in [2.75, 3.05) is 37.9 Å². The zero-order valence-corrected chi connectivity index (χ0v) is 10.5. The Morgan fingerprint density at radius 2 is 2.22 bits per heavy atom. The van der Waals surface area contributed by atoms with Crippen LogP contribution in [0.1, 0.15) is 17.3 Å². The van der Waals surface area contributed by atoms with Crippen molar-refractivity contribution in [2.45, 2.75) is 6.92 Å². The second-order valence-corrected chi connectivity index (χ2v) is 3.53. The van der Waals surface area contributed by atoms with Gasteiger partial charge in [0.1, 0.15) is 5.82 Å². The number of rotatable bonds is 6. The van der Waals surface area contributed by atoms with Crippen LogP contribution in [0.5, 0.6) is 0 Å². The summed E-state index contributed by atoms with van der Waals surface area (Å²) in [6.07, 6.45) is 0. The fourth-order valence-electron chi connectivity index (χ4n) is 1.41. The van der Waals surface area contributed by atoms with E-state index >= 15 is 0 Å². The van der Waals surface area contributed by atoms with E-state index < -0.39 is 11.8 Å². The number of hydrogen-bond acceptors (Lipinski definition) is 5. The van der Waals surface area contributed by atoms with Crippen molar-refractivity contribution in [3.05, 3.63) is 23.5 Å². The Morgan fingerprint density at radius 3 is 2.83 bits per heavy atom. The van der Waals surface area contributed by atoms with Gasteiger partial charge >= 0.3 is 5.97 Å². The normalized spacial score (nSPS) is 10.2. The summed E-state index contributed by atoms with van der Waals surface area (Å²) >= 11 is 0. The minimum Gasteiger partial charge on any atom is -0.465 e. The van der Waals surface area contributed by atoms with Crippen LogP contribution in [0.15, 0.2) is 12.1 Å². The average molecular weight is 256 g/mol. The first kappa shape index (κ1) is 14.2. The Balaban J connectivity index is 2.81. The number of hydrogen-bond donors (Lipinski definition) is 2. The Bertz CT molecular complexity index is 424. The number of nitrogen functional groups attached to an aromatic ring is 1. The molecule has 0 heterocycles. The summed E-state index contributed by atoms with van der Waals surface area (Å²) in [5.74, 6) is -1.11. The van der Waals surface area contributed by atoms with Crippen LogP contribution in [0, 0.1) is 5.82 Å². The third-order valence-electron chi connectivity index (χ3n) is 2.31. The maximum absolute atomic E-state index is 13.6. The van der Waals surface area contributed by atoms with Gasteiger partial charge in [-0.3, -0.25) is 0 Å². The van der Waals surface area contributed by atoms with Crippen LogP contribution in [0.4, 0.5) is 15.8 Å². The maximum Gasteiger partial charge on any atom is 0.340 e. The third kappa shape index (κ3) is 3.59. The minimum atomic E-state index is -0.597. The van der Waals surface area contributed by atoms with Crippen LogP contribution in [-0.2, 0) is 9.47 Å². The number of esters is 1. The average Bonchev–Trinajstić information content (AvgIpc) is 2.36. The van der Waals surface area contributed by atoms with E-state index in [9.17, 15) is 9.18 Å². The lowest BCUT2D eigenvalue weighted by atomic mass is 10.1. The van der Waals surface area contributed by atoms with E-state index in [0.717, 1.165) is 6.07 Å². The van der Waals surface area contributed by atoms with Gasteiger partial charge in [-0.2, -0.15) is 0 Å². The molecule has 0 spiro atoms. The smallest absolute Gasteiger partial charge is 0.340 e. The Morgan fingerprint density at radius 1 is 1.50 bits per heavy atom. The summed E-state index contributed by atoms with van der Waals surface area (Å²) in [6.45, 7) is 3.36. The van der Waals surface area contributed by atoms with Gasteiger partial charge < -0.3 is 20.5 Å². The highest BCUT2D eigenvalue weighted by atomic mass is 19.1. The van der Waals surface area contributed by atoms with Crippen molar-refractivity contribution in [1.82, 2.24) is 0 Å². The minimum absolute atomic E-state index is 0.0507. The SMILES string of the molecule is CCOCCNc1cc(C(=O)OC)c(N)cc1F. The number of ether oxygens (including phenoxy) is 2. The number of methoxy groups -OCH3 is 1. The van der Waals surface area contributed by atoms with Gasteiger partial charge in [-0.15, -0.1) is 0 Å². The molecule has 0 unspecified atom stereocenters. The van der Waals surface area contributed by atoms with Crippen LogP contribution in [-0.4, -0.2) is 32.8 Å². The first-order chi connectivity index (χ1) is 8.60. The zero-order chi connectivity index (χ0) is 13.5. The molecule has 0 bridgehead atoms. The molecule has 0 aliphatic rings. The fourth-order valence-corrected chi connectivity index (χ4v) is 1.41. The number of nitrogens with two attached hydrogens (primary N) is 1. The van der Waals surface area contributed by atoms with Crippen molar-refractivity contribution in [2.24, 2.45) is 0 Å². The van der Waals surface area contributed by atoms with E-state index in [0.29, 0.717) is 19.8 Å². The lowest BCUT2D eigenvalue weighted by Gasteiger charge is -2.11. The van der Waals surface area contributed by atoms with Crippen LogP contribution >= 0.6 is 0 Å². The second kappa shape index (κ2) is 6.80. The molecule has 0 radical (unpaired) electrons. The maximum atomic E-state index is 13.6. The summed E-state index contributed by atoms with van der Waals surface area (Å²) < 4.78 is 23.2.